The van der Waals surface area contributed by atoms with Crippen LogP contribution in [0.4, 0.5) is 0 Å². The number of amides is 1. The molecule has 0 atom stereocenters. The van der Waals surface area contributed by atoms with Gasteiger partial charge in [0, 0.05) is 0 Å². The van der Waals surface area contributed by atoms with Crippen LogP contribution in [0.15, 0.2) is 28.0 Å². The average molecular weight is 377 g/mol. The number of hydrogen-bond acceptors (Lipinski definition) is 7. The predicted octanol–water partition coefficient (Wildman–Crippen LogP) is 2.99. The Morgan fingerprint density at radius 1 is 1.24 bits per heavy atom. The zero-order chi connectivity index (χ0) is 17.1. The summed E-state index contributed by atoms with van der Waals surface area (Å²) in [6.45, 7) is 1.14. The molecule has 0 bridgehead atoms. The van der Waals surface area contributed by atoms with Gasteiger partial charge in [-0.3, -0.25) is 4.79 Å². The summed E-state index contributed by atoms with van der Waals surface area (Å²) in [5, 5.41) is 11.0. The highest BCUT2D eigenvalue weighted by Gasteiger charge is 2.37. The van der Waals surface area contributed by atoms with Crippen molar-refractivity contribution in [3.05, 3.63) is 29.3 Å². The average Bonchev–Trinajstić information content (AvgIpc) is 3.32. The van der Waals surface area contributed by atoms with Crippen LogP contribution in [0.25, 0.3) is 0 Å². The van der Waals surface area contributed by atoms with E-state index in [0.717, 1.165) is 47.1 Å². The van der Waals surface area contributed by atoms with Gasteiger partial charge in [0.25, 0.3) is 0 Å². The van der Waals surface area contributed by atoms with Crippen molar-refractivity contribution in [1.82, 2.24) is 15.5 Å². The van der Waals surface area contributed by atoms with E-state index in [1.54, 1.807) is 5.51 Å². The molecule has 8 heteroatoms. The number of carbonyl (C=O) groups excluding carboxylic acids is 1. The Labute approximate surface area is 154 Å². The second kappa shape index (κ2) is 7.21. The number of carbonyl (C=O) groups is 1. The summed E-state index contributed by atoms with van der Waals surface area (Å²) in [5.41, 5.74) is 2.46. The lowest BCUT2D eigenvalue weighted by Gasteiger charge is -2.32. The van der Waals surface area contributed by atoms with Gasteiger partial charge in [0.15, 0.2) is 15.8 Å². The fourth-order valence-corrected chi connectivity index (χ4v) is 4.75. The highest BCUT2D eigenvalue weighted by Crippen LogP contribution is 2.42. The third kappa shape index (κ3) is 3.59. The normalized spacial score (nSPS) is 18.1. The number of nitrogens with zero attached hydrogens (tertiary/aromatic N) is 2. The molecule has 1 aromatic carbocycles. The first-order valence-electron chi connectivity index (χ1n) is 8.35. The first-order chi connectivity index (χ1) is 12.3. The molecule has 1 saturated carbocycles. The minimum atomic E-state index is -0.311. The van der Waals surface area contributed by atoms with Crippen LogP contribution < -0.4 is 14.8 Å². The molecule has 1 amide bonds. The topological polar surface area (TPSA) is 73.3 Å². The van der Waals surface area contributed by atoms with E-state index in [1.807, 2.05) is 12.1 Å². The molecule has 2 aliphatic rings. The van der Waals surface area contributed by atoms with Crippen LogP contribution in [0, 0.1) is 0 Å². The van der Waals surface area contributed by atoms with E-state index >= 15 is 0 Å². The van der Waals surface area contributed by atoms with E-state index in [4.69, 9.17) is 9.47 Å². The van der Waals surface area contributed by atoms with Gasteiger partial charge in [0.05, 0.1) is 11.3 Å². The van der Waals surface area contributed by atoms with Gasteiger partial charge >= 0.3 is 0 Å². The number of fused-ring (bicyclic) bond motifs is 1. The van der Waals surface area contributed by atoms with Crippen molar-refractivity contribution in [2.24, 2.45) is 0 Å². The summed E-state index contributed by atoms with van der Waals surface area (Å²) in [6, 6.07) is 6.03. The Kier molecular flexibility index (Phi) is 4.80. The molecule has 4 rings (SSSR count). The standard InChI is InChI=1S/C17H19N3O3S2/c21-15(10-24-16-20-18-11-25-16)19-17(5-1-2-6-17)12-3-4-13-14(9-12)23-8-7-22-13/h3-4,9,11H,1-2,5-8,10H2,(H,19,21). The molecule has 132 valence electrons. The van der Waals surface area contributed by atoms with Crippen molar-refractivity contribution < 1.29 is 14.3 Å². The monoisotopic (exact) mass is 377 g/mol. The molecule has 0 saturated heterocycles. The van der Waals surface area contributed by atoms with Crippen molar-refractivity contribution in [3.8, 4) is 11.5 Å². The van der Waals surface area contributed by atoms with Gasteiger partial charge in [-0.15, -0.1) is 10.2 Å². The molecule has 0 spiro atoms. The molecule has 1 aromatic heterocycles. The molecule has 1 aliphatic heterocycles. The minimum absolute atomic E-state index is 0.0250. The fourth-order valence-electron chi connectivity index (χ4n) is 3.46. The van der Waals surface area contributed by atoms with Gasteiger partial charge in [0.2, 0.25) is 5.91 Å². The Bertz CT molecular complexity index is 746. The van der Waals surface area contributed by atoms with Crippen LogP contribution in [-0.2, 0) is 10.3 Å². The Hall–Kier alpha value is -1.80. The minimum Gasteiger partial charge on any atom is -0.486 e. The zero-order valence-corrected chi connectivity index (χ0v) is 15.3. The van der Waals surface area contributed by atoms with E-state index in [0.29, 0.717) is 19.0 Å². The smallest absolute Gasteiger partial charge is 0.231 e. The lowest BCUT2D eigenvalue weighted by molar-refractivity contribution is -0.120. The van der Waals surface area contributed by atoms with Crippen LogP contribution in [0.5, 0.6) is 11.5 Å². The summed E-state index contributed by atoms with van der Waals surface area (Å²) in [6.07, 6.45) is 4.11. The molecule has 1 N–H and O–H groups in total. The summed E-state index contributed by atoms with van der Waals surface area (Å²) in [4.78, 5) is 12.5. The lowest BCUT2D eigenvalue weighted by atomic mass is 9.87. The maximum absolute atomic E-state index is 12.5. The van der Waals surface area contributed by atoms with Gasteiger partial charge in [-0.05, 0) is 30.5 Å². The van der Waals surface area contributed by atoms with E-state index in [2.05, 4.69) is 21.6 Å². The Morgan fingerprint density at radius 2 is 2.04 bits per heavy atom. The number of aromatic nitrogens is 2. The highest BCUT2D eigenvalue weighted by atomic mass is 32.2. The number of benzene rings is 1. The van der Waals surface area contributed by atoms with Crippen LogP contribution in [0.2, 0.25) is 0 Å². The predicted molar refractivity (Wildman–Crippen MR) is 96.4 cm³/mol. The number of nitrogens with one attached hydrogen (secondary N) is 1. The zero-order valence-electron chi connectivity index (χ0n) is 13.7. The molecule has 25 heavy (non-hydrogen) atoms. The number of thioether (sulfide) groups is 1. The molecule has 1 fully saturated rings. The summed E-state index contributed by atoms with van der Waals surface area (Å²) >= 11 is 2.87. The van der Waals surface area contributed by atoms with Crippen LogP contribution >= 0.6 is 23.1 Å². The molecule has 6 nitrogen and oxygen atoms in total. The lowest BCUT2D eigenvalue weighted by Crippen LogP contribution is -2.44. The first kappa shape index (κ1) is 16.7. The Morgan fingerprint density at radius 3 is 2.80 bits per heavy atom. The third-order valence-electron chi connectivity index (χ3n) is 4.60. The molecule has 2 aromatic rings. The summed E-state index contributed by atoms with van der Waals surface area (Å²) < 4.78 is 12.1. The Balaban J connectivity index is 1.50. The van der Waals surface area contributed by atoms with Gasteiger partial charge in [-0.25, -0.2) is 0 Å². The van der Waals surface area contributed by atoms with Gasteiger partial charge < -0.3 is 14.8 Å². The second-order valence-corrected chi connectivity index (χ2v) is 8.24. The third-order valence-corrected chi connectivity index (χ3v) is 6.46. The molecule has 2 heterocycles. The van der Waals surface area contributed by atoms with Gasteiger partial charge in [0.1, 0.15) is 18.7 Å². The number of rotatable bonds is 5. The van der Waals surface area contributed by atoms with E-state index in [-0.39, 0.29) is 11.4 Å². The maximum Gasteiger partial charge on any atom is 0.231 e. The van der Waals surface area contributed by atoms with Crippen LogP contribution in [0.3, 0.4) is 0 Å². The summed E-state index contributed by atoms with van der Waals surface area (Å²) in [7, 11) is 0. The van der Waals surface area contributed by atoms with Crippen molar-refractivity contribution in [3.63, 3.8) is 0 Å². The number of hydrogen-bond donors (Lipinski definition) is 1. The quantitative estimate of drug-likeness (QED) is 0.808. The van der Waals surface area contributed by atoms with Crippen molar-refractivity contribution in [2.75, 3.05) is 19.0 Å². The maximum atomic E-state index is 12.5. The molecule has 1 aliphatic carbocycles. The fraction of sp³-hybridized carbons (Fsp3) is 0.471. The number of ether oxygens (including phenoxy) is 2. The second-order valence-electron chi connectivity index (χ2n) is 6.19. The van der Waals surface area contributed by atoms with E-state index < -0.39 is 0 Å². The first-order valence-corrected chi connectivity index (χ1v) is 10.2. The van der Waals surface area contributed by atoms with Crippen LogP contribution in [0.1, 0.15) is 31.2 Å². The molecule has 0 radical (unpaired) electrons. The summed E-state index contributed by atoms with van der Waals surface area (Å²) in [5.74, 6) is 1.92. The van der Waals surface area contributed by atoms with E-state index in [1.165, 1.54) is 23.1 Å². The van der Waals surface area contributed by atoms with Gasteiger partial charge in [-0.1, -0.05) is 42.0 Å². The largest absolute Gasteiger partial charge is 0.486 e. The molecular weight excluding hydrogens is 358 g/mol. The highest BCUT2D eigenvalue weighted by molar-refractivity contribution is 8.01. The molecular formula is C17H19N3O3S2. The van der Waals surface area contributed by atoms with Crippen molar-refractivity contribution >= 4 is 29.0 Å². The van der Waals surface area contributed by atoms with Gasteiger partial charge in [-0.2, -0.15) is 0 Å². The SMILES string of the molecule is O=C(CSc1nncs1)NC1(c2ccc3c(c2)OCCO3)CCCC1. The van der Waals surface area contributed by atoms with Crippen molar-refractivity contribution in [1.29, 1.82) is 0 Å². The van der Waals surface area contributed by atoms with E-state index in [9.17, 15) is 4.79 Å². The van der Waals surface area contributed by atoms with Crippen molar-refractivity contribution in [2.45, 2.75) is 35.6 Å². The van der Waals surface area contributed by atoms with Crippen LogP contribution in [-0.4, -0.2) is 35.1 Å². The molecule has 0 unspecified atom stereocenters.